The Balaban J connectivity index is 1.84. The number of nitrogens with one attached hydrogen (secondary N) is 1. The van der Waals surface area contributed by atoms with Gasteiger partial charge >= 0.3 is 12.0 Å². The lowest BCUT2D eigenvalue weighted by molar-refractivity contribution is -0.147. The summed E-state index contributed by atoms with van der Waals surface area (Å²) >= 11 is 0. The summed E-state index contributed by atoms with van der Waals surface area (Å²) < 4.78 is 0. The lowest BCUT2D eigenvalue weighted by Gasteiger charge is -2.27. The molecule has 2 rings (SSSR count). The van der Waals surface area contributed by atoms with E-state index in [0.717, 1.165) is 13.1 Å². The van der Waals surface area contributed by atoms with Crippen molar-refractivity contribution in [1.82, 2.24) is 10.2 Å². The Hall–Kier alpha value is -1.26. The van der Waals surface area contributed by atoms with Crippen molar-refractivity contribution >= 4 is 12.0 Å². The van der Waals surface area contributed by atoms with Gasteiger partial charge in [-0.05, 0) is 50.9 Å². The number of carboxylic acids is 1. The number of carbonyl (C=O) groups is 2. The highest BCUT2D eigenvalue weighted by Crippen LogP contribution is 2.33. The first-order valence-corrected chi connectivity index (χ1v) is 7.71. The molecule has 0 aromatic heterocycles. The van der Waals surface area contributed by atoms with Crippen LogP contribution in [0, 0.1) is 17.3 Å². The Kier molecular flexibility index (Phi) is 4.55. The predicted octanol–water partition coefficient (Wildman–Crippen LogP) is 2.32. The highest BCUT2D eigenvalue weighted by atomic mass is 16.4. The standard InChI is InChI=1S/C15H26N2O3/c1-3-15(2,13(18)19)10-16-14(20)17(8-11-4-5-11)9-12-6-7-12/h11-12H,3-10H2,1-2H3,(H,16,20)(H,18,19). The molecule has 1 atom stereocenters. The molecule has 2 aliphatic carbocycles. The second-order valence-corrected chi connectivity index (χ2v) is 6.67. The van der Waals surface area contributed by atoms with Gasteiger partial charge in [-0.2, -0.15) is 0 Å². The first-order chi connectivity index (χ1) is 9.44. The smallest absolute Gasteiger partial charge is 0.317 e. The molecule has 5 nitrogen and oxygen atoms in total. The molecule has 2 N–H and O–H groups in total. The van der Waals surface area contributed by atoms with Crippen LogP contribution < -0.4 is 5.32 Å². The first-order valence-electron chi connectivity index (χ1n) is 7.71. The highest BCUT2D eigenvalue weighted by molar-refractivity contribution is 5.78. The van der Waals surface area contributed by atoms with Crippen LogP contribution in [0.15, 0.2) is 0 Å². The van der Waals surface area contributed by atoms with Crippen LogP contribution in [0.3, 0.4) is 0 Å². The summed E-state index contributed by atoms with van der Waals surface area (Å²) in [6.07, 6.45) is 5.38. The zero-order chi connectivity index (χ0) is 14.8. The molecule has 0 aromatic carbocycles. The minimum Gasteiger partial charge on any atom is -0.481 e. The SMILES string of the molecule is CCC(C)(CNC(=O)N(CC1CC1)CC1CC1)C(=O)O. The maximum atomic E-state index is 12.3. The lowest BCUT2D eigenvalue weighted by Crippen LogP contribution is -2.47. The number of aliphatic carboxylic acids is 1. The normalized spacial score (nSPS) is 21.1. The van der Waals surface area contributed by atoms with Gasteiger partial charge in [-0.25, -0.2) is 4.79 Å². The van der Waals surface area contributed by atoms with Crippen LogP contribution in [0.2, 0.25) is 0 Å². The molecule has 0 aliphatic heterocycles. The molecule has 1 unspecified atom stereocenters. The second-order valence-electron chi connectivity index (χ2n) is 6.67. The quantitative estimate of drug-likeness (QED) is 0.718. The summed E-state index contributed by atoms with van der Waals surface area (Å²) in [4.78, 5) is 25.4. The summed E-state index contributed by atoms with van der Waals surface area (Å²) in [6.45, 7) is 5.38. The zero-order valence-corrected chi connectivity index (χ0v) is 12.5. The molecule has 2 aliphatic rings. The van der Waals surface area contributed by atoms with E-state index >= 15 is 0 Å². The summed E-state index contributed by atoms with van der Waals surface area (Å²) in [7, 11) is 0. The van der Waals surface area contributed by atoms with E-state index in [2.05, 4.69) is 5.32 Å². The van der Waals surface area contributed by atoms with Crippen LogP contribution in [-0.2, 0) is 4.79 Å². The molecular formula is C15H26N2O3. The summed E-state index contributed by atoms with van der Waals surface area (Å²) in [5, 5.41) is 12.1. The molecule has 20 heavy (non-hydrogen) atoms. The van der Waals surface area contributed by atoms with Crippen molar-refractivity contribution in [2.75, 3.05) is 19.6 Å². The fourth-order valence-corrected chi connectivity index (χ4v) is 2.20. The van der Waals surface area contributed by atoms with Crippen molar-refractivity contribution in [3.05, 3.63) is 0 Å². The van der Waals surface area contributed by atoms with E-state index in [1.807, 2.05) is 11.8 Å². The fourth-order valence-electron chi connectivity index (χ4n) is 2.20. The van der Waals surface area contributed by atoms with Gasteiger partial charge in [0.25, 0.3) is 0 Å². The first kappa shape index (κ1) is 15.1. The number of urea groups is 1. The van der Waals surface area contributed by atoms with Crippen molar-refractivity contribution in [3.63, 3.8) is 0 Å². The third-order valence-corrected chi connectivity index (χ3v) is 4.56. The number of nitrogens with zero attached hydrogens (tertiary/aromatic N) is 1. The molecule has 0 aromatic rings. The Morgan fingerprint density at radius 2 is 1.70 bits per heavy atom. The Bertz CT molecular complexity index is 363. The number of hydrogen-bond acceptors (Lipinski definition) is 2. The molecule has 114 valence electrons. The van der Waals surface area contributed by atoms with Gasteiger partial charge < -0.3 is 15.3 Å². The predicted molar refractivity (Wildman–Crippen MR) is 76.5 cm³/mol. The van der Waals surface area contributed by atoms with Gasteiger partial charge in [-0.15, -0.1) is 0 Å². The number of rotatable bonds is 8. The van der Waals surface area contributed by atoms with Gasteiger partial charge in [0, 0.05) is 19.6 Å². The number of hydrogen-bond donors (Lipinski definition) is 2. The minimum atomic E-state index is -0.875. The van der Waals surface area contributed by atoms with E-state index in [0.29, 0.717) is 18.3 Å². The molecule has 2 fully saturated rings. The van der Waals surface area contributed by atoms with Crippen LogP contribution in [0.1, 0.15) is 46.0 Å². The second kappa shape index (κ2) is 6.02. The maximum Gasteiger partial charge on any atom is 0.317 e. The van der Waals surface area contributed by atoms with Crippen LogP contribution >= 0.6 is 0 Å². The molecule has 0 bridgehead atoms. The van der Waals surface area contributed by atoms with E-state index in [1.165, 1.54) is 25.7 Å². The number of carboxylic acid groups (broad SMARTS) is 1. The van der Waals surface area contributed by atoms with E-state index in [-0.39, 0.29) is 12.6 Å². The average Bonchev–Trinajstić information content (AvgIpc) is 3.29. The lowest BCUT2D eigenvalue weighted by atomic mass is 9.88. The topological polar surface area (TPSA) is 69.6 Å². The van der Waals surface area contributed by atoms with E-state index in [4.69, 9.17) is 0 Å². The van der Waals surface area contributed by atoms with Crippen LogP contribution in [0.25, 0.3) is 0 Å². The molecule has 0 radical (unpaired) electrons. The fraction of sp³-hybridized carbons (Fsp3) is 0.867. The van der Waals surface area contributed by atoms with E-state index in [1.54, 1.807) is 6.92 Å². The summed E-state index contributed by atoms with van der Waals surface area (Å²) in [5.74, 6) is 0.476. The van der Waals surface area contributed by atoms with Crippen molar-refractivity contribution in [2.24, 2.45) is 17.3 Å². The molecule has 5 heteroatoms. The highest BCUT2D eigenvalue weighted by Gasteiger charge is 2.34. The molecule has 2 saturated carbocycles. The molecule has 0 saturated heterocycles. The van der Waals surface area contributed by atoms with Crippen molar-refractivity contribution < 1.29 is 14.7 Å². The monoisotopic (exact) mass is 282 g/mol. The summed E-state index contributed by atoms with van der Waals surface area (Å²) in [5.41, 5.74) is -0.875. The van der Waals surface area contributed by atoms with Crippen LogP contribution in [0.4, 0.5) is 4.79 Å². The molecule has 0 spiro atoms. The van der Waals surface area contributed by atoms with Crippen molar-refractivity contribution in [2.45, 2.75) is 46.0 Å². The average molecular weight is 282 g/mol. The Labute approximate surface area is 120 Å². The van der Waals surface area contributed by atoms with Gasteiger partial charge in [0.05, 0.1) is 5.41 Å². The Morgan fingerprint density at radius 1 is 1.20 bits per heavy atom. The largest absolute Gasteiger partial charge is 0.481 e. The van der Waals surface area contributed by atoms with Gasteiger partial charge in [0.15, 0.2) is 0 Å². The van der Waals surface area contributed by atoms with Gasteiger partial charge in [-0.3, -0.25) is 4.79 Å². The number of amides is 2. The van der Waals surface area contributed by atoms with Gasteiger partial charge in [-0.1, -0.05) is 6.92 Å². The molecule has 0 heterocycles. The zero-order valence-electron chi connectivity index (χ0n) is 12.5. The third-order valence-electron chi connectivity index (χ3n) is 4.56. The van der Waals surface area contributed by atoms with E-state index in [9.17, 15) is 14.7 Å². The van der Waals surface area contributed by atoms with Crippen LogP contribution in [-0.4, -0.2) is 41.6 Å². The van der Waals surface area contributed by atoms with Gasteiger partial charge in [0.2, 0.25) is 0 Å². The van der Waals surface area contributed by atoms with Crippen molar-refractivity contribution in [3.8, 4) is 0 Å². The summed E-state index contributed by atoms with van der Waals surface area (Å²) in [6, 6.07) is -0.0928. The number of carbonyl (C=O) groups excluding carboxylic acids is 1. The Morgan fingerprint density at radius 3 is 2.05 bits per heavy atom. The van der Waals surface area contributed by atoms with Crippen LogP contribution in [0.5, 0.6) is 0 Å². The molecular weight excluding hydrogens is 256 g/mol. The maximum absolute atomic E-state index is 12.3. The third kappa shape index (κ3) is 4.12. The van der Waals surface area contributed by atoms with Crippen molar-refractivity contribution in [1.29, 1.82) is 0 Å². The van der Waals surface area contributed by atoms with E-state index < -0.39 is 11.4 Å². The minimum absolute atomic E-state index is 0.0928. The van der Waals surface area contributed by atoms with Gasteiger partial charge in [0.1, 0.15) is 0 Å². The molecule has 2 amide bonds.